The summed E-state index contributed by atoms with van der Waals surface area (Å²) in [6.07, 6.45) is 0. The number of para-hydroxylation sites is 3. The molecule has 1 aromatic heterocycles. The van der Waals surface area contributed by atoms with Crippen LogP contribution < -0.4 is 9.80 Å². The molecule has 0 saturated heterocycles. The Bertz CT molecular complexity index is 3170. The first kappa shape index (κ1) is 36.5. The Balaban J connectivity index is 1.04. The minimum Gasteiger partial charge on any atom is -0.456 e. The van der Waals surface area contributed by atoms with Crippen molar-refractivity contribution in [2.75, 3.05) is 9.80 Å². The third-order valence-electron chi connectivity index (χ3n) is 11.0. The van der Waals surface area contributed by atoms with Crippen LogP contribution in [0.15, 0.2) is 241 Å². The van der Waals surface area contributed by atoms with Gasteiger partial charge in [0.25, 0.3) is 0 Å². The number of anilines is 6. The van der Waals surface area contributed by atoms with Crippen molar-refractivity contribution in [1.82, 2.24) is 0 Å². The molecule has 0 amide bonds. The largest absolute Gasteiger partial charge is 0.456 e. The van der Waals surface area contributed by atoms with E-state index in [0.29, 0.717) is 0 Å². The van der Waals surface area contributed by atoms with Gasteiger partial charge in [0.1, 0.15) is 11.2 Å². The molecular formula is C54H36N2OS3. The normalized spacial score (nSPS) is 11.9. The van der Waals surface area contributed by atoms with E-state index in [1.807, 2.05) is 35.7 Å². The predicted octanol–water partition coefficient (Wildman–Crippen LogP) is 16.8. The highest BCUT2D eigenvalue weighted by molar-refractivity contribution is 8.05. The standard InChI is InChI=1S/C54H36N2OS3/c58-49-33-38(36-24-26-41(27-25-36)55(39-16-6-2-7-17-39)42-28-30-48-45(34-42)44-20-10-11-21-47(44)57-48)32-46(54(49)37-14-4-1-5-15-37)56(40-18-8-3-9-19-40)43-29-31-52-53(35-43)60-51-23-13-12-22-50(51)59-52/h1-35,58H. The van der Waals surface area contributed by atoms with Gasteiger partial charge in [0.15, 0.2) is 0 Å². The van der Waals surface area contributed by atoms with Gasteiger partial charge in [0, 0.05) is 69.3 Å². The van der Waals surface area contributed by atoms with Crippen molar-refractivity contribution in [1.29, 1.82) is 0 Å². The minimum absolute atomic E-state index is 0.878. The molecule has 1 aliphatic rings. The van der Waals surface area contributed by atoms with E-state index in [9.17, 15) is 0 Å². The number of nitrogens with zero attached hydrogens (tertiary/aromatic N) is 2. The molecule has 0 aliphatic carbocycles. The Kier molecular flexibility index (Phi) is 9.46. The Morgan fingerprint density at radius 2 is 0.883 bits per heavy atom. The van der Waals surface area contributed by atoms with Crippen LogP contribution in [0.3, 0.4) is 0 Å². The van der Waals surface area contributed by atoms with Gasteiger partial charge >= 0.3 is 0 Å². The molecule has 10 aromatic rings. The van der Waals surface area contributed by atoms with Gasteiger partial charge in [0.05, 0.1) is 5.69 Å². The predicted molar refractivity (Wildman–Crippen MR) is 256 cm³/mol. The van der Waals surface area contributed by atoms with Gasteiger partial charge in [-0.2, -0.15) is 0 Å². The highest BCUT2D eigenvalue weighted by Crippen LogP contribution is 2.52. The molecule has 11 rings (SSSR count). The molecule has 9 aromatic carbocycles. The van der Waals surface area contributed by atoms with Crippen LogP contribution in [0.1, 0.15) is 0 Å². The zero-order valence-corrected chi connectivity index (χ0v) is 34.8. The molecule has 0 atom stereocenters. The van der Waals surface area contributed by atoms with Crippen molar-refractivity contribution in [2.45, 2.75) is 24.5 Å². The van der Waals surface area contributed by atoms with Crippen LogP contribution in [0, 0.1) is 0 Å². The maximum atomic E-state index is 6.20. The van der Waals surface area contributed by atoms with E-state index in [1.54, 1.807) is 0 Å². The van der Waals surface area contributed by atoms with Crippen molar-refractivity contribution in [3.63, 3.8) is 0 Å². The Morgan fingerprint density at radius 1 is 0.350 bits per heavy atom. The molecule has 2 heterocycles. The highest BCUT2D eigenvalue weighted by atomic mass is 32.2. The number of thiol groups is 1. The molecule has 0 saturated carbocycles. The van der Waals surface area contributed by atoms with Crippen LogP contribution in [0.2, 0.25) is 0 Å². The van der Waals surface area contributed by atoms with Crippen LogP contribution in [-0.4, -0.2) is 0 Å². The summed E-state index contributed by atoms with van der Waals surface area (Å²) in [5.41, 5.74) is 12.5. The monoisotopic (exact) mass is 824 g/mol. The van der Waals surface area contributed by atoms with Gasteiger partial charge in [-0.25, -0.2) is 0 Å². The average molecular weight is 825 g/mol. The van der Waals surface area contributed by atoms with Crippen molar-refractivity contribution >= 4 is 92.2 Å². The highest BCUT2D eigenvalue weighted by Gasteiger charge is 2.24. The molecule has 286 valence electrons. The fourth-order valence-electron chi connectivity index (χ4n) is 8.20. The van der Waals surface area contributed by atoms with Gasteiger partial charge in [0.2, 0.25) is 0 Å². The topological polar surface area (TPSA) is 19.6 Å². The molecule has 0 unspecified atom stereocenters. The molecule has 0 fully saturated rings. The summed E-state index contributed by atoms with van der Waals surface area (Å²) in [5.74, 6) is 0. The fraction of sp³-hybridized carbons (Fsp3) is 0. The number of fused-ring (bicyclic) bond motifs is 5. The molecule has 0 bridgehead atoms. The lowest BCUT2D eigenvalue weighted by molar-refractivity contribution is 0.669. The van der Waals surface area contributed by atoms with Crippen LogP contribution in [0.5, 0.6) is 0 Å². The average Bonchev–Trinajstić information content (AvgIpc) is 3.68. The van der Waals surface area contributed by atoms with Crippen molar-refractivity contribution in [3.8, 4) is 22.3 Å². The lowest BCUT2D eigenvalue weighted by Gasteiger charge is -2.30. The SMILES string of the molecule is Sc1cc(-c2ccc(N(c3ccccc3)c3ccc4oc5ccccc5c4c3)cc2)cc(N(c2ccccc2)c2ccc3c(c2)Sc2ccccc2S3)c1-c1ccccc1. The number of benzene rings is 9. The summed E-state index contributed by atoms with van der Waals surface area (Å²) in [4.78, 5) is 10.7. The molecule has 60 heavy (non-hydrogen) atoms. The maximum Gasteiger partial charge on any atom is 0.135 e. The summed E-state index contributed by atoms with van der Waals surface area (Å²) in [7, 11) is 0. The number of furan rings is 1. The molecule has 1 aliphatic heterocycles. The summed E-state index contributed by atoms with van der Waals surface area (Å²) in [5, 5.41) is 2.20. The van der Waals surface area contributed by atoms with Crippen LogP contribution in [0.4, 0.5) is 34.1 Å². The second-order valence-electron chi connectivity index (χ2n) is 14.7. The van der Waals surface area contributed by atoms with Crippen molar-refractivity contribution in [2.24, 2.45) is 0 Å². The first-order chi connectivity index (χ1) is 29.6. The Labute approximate surface area is 363 Å². The van der Waals surface area contributed by atoms with E-state index in [-0.39, 0.29) is 0 Å². The molecule has 3 nitrogen and oxygen atoms in total. The molecule has 0 spiro atoms. The minimum atomic E-state index is 0.878. The van der Waals surface area contributed by atoms with E-state index < -0.39 is 0 Å². The maximum absolute atomic E-state index is 6.20. The van der Waals surface area contributed by atoms with Gasteiger partial charge < -0.3 is 14.2 Å². The number of hydrogen-bond donors (Lipinski definition) is 1. The Morgan fingerprint density at radius 3 is 1.62 bits per heavy atom. The van der Waals surface area contributed by atoms with Crippen molar-refractivity contribution < 1.29 is 4.42 Å². The Hall–Kier alpha value is -6.57. The van der Waals surface area contributed by atoms with E-state index in [1.165, 1.54) is 19.6 Å². The van der Waals surface area contributed by atoms with E-state index in [0.717, 1.165) is 83.2 Å². The zero-order chi connectivity index (χ0) is 40.0. The summed E-state index contributed by atoms with van der Waals surface area (Å²) in [6.45, 7) is 0. The second kappa shape index (κ2) is 15.6. The summed E-state index contributed by atoms with van der Waals surface area (Å²) < 4.78 is 6.20. The van der Waals surface area contributed by atoms with E-state index in [4.69, 9.17) is 17.0 Å². The third kappa shape index (κ3) is 6.73. The first-order valence-electron chi connectivity index (χ1n) is 19.9. The van der Waals surface area contributed by atoms with Gasteiger partial charge in [-0.1, -0.05) is 133 Å². The molecule has 0 N–H and O–H groups in total. The first-order valence-corrected chi connectivity index (χ1v) is 22.0. The van der Waals surface area contributed by atoms with Crippen LogP contribution in [0.25, 0.3) is 44.2 Å². The van der Waals surface area contributed by atoms with E-state index >= 15 is 0 Å². The summed E-state index contributed by atoms with van der Waals surface area (Å²) in [6, 6.07) is 75.5. The van der Waals surface area contributed by atoms with Crippen molar-refractivity contribution in [3.05, 3.63) is 212 Å². The fourth-order valence-corrected chi connectivity index (χ4v) is 10.8. The smallest absolute Gasteiger partial charge is 0.135 e. The lowest BCUT2D eigenvalue weighted by atomic mass is 9.96. The van der Waals surface area contributed by atoms with Gasteiger partial charge in [-0.15, -0.1) is 12.6 Å². The third-order valence-corrected chi connectivity index (χ3v) is 13.9. The molecule has 0 radical (unpaired) electrons. The van der Waals surface area contributed by atoms with E-state index in [2.05, 4.69) is 210 Å². The summed E-state index contributed by atoms with van der Waals surface area (Å²) >= 11 is 8.95. The number of hydrogen-bond acceptors (Lipinski definition) is 6. The van der Waals surface area contributed by atoms with Gasteiger partial charge in [-0.05, 0) is 120 Å². The molecule has 6 heteroatoms. The zero-order valence-electron chi connectivity index (χ0n) is 32.3. The second-order valence-corrected chi connectivity index (χ2v) is 17.4. The van der Waals surface area contributed by atoms with Gasteiger partial charge in [-0.3, -0.25) is 0 Å². The number of rotatable bonds is 8. The van der Waals surface area contributed by atoms with Crippen LogP contribution >= 0.6 is 36.2 Å². The molecular weight excluding hydrogens is 789 g/mol. The quantitative estimate of drug-likeness (QED) is 0.154. The van der Waals surface area contributed by atoms with Crippen LogP contribution in [-0.2, 0) is 0 Å². The lowest BCUT2D eigenvalue weighted by Crippen LogP contribution is -2.12.